The highest BCUT2D eigenvalue weighted by molar-refractivity contribution is 7.80. The van der Waals surface area contributed by atoms with Gasteiger partial charge >= 0.3 is 0 Å². The average Bonchev–Trinajstić information content (AvgIpc) is 2.81. The van der Waals surface area contributed by atoms with Crippen LogP contribution in [0.5, 0.6) is 5.75 Å². The quantitative estimate of drug-likeness (QED) is 0.434. The molecule has 1 aromatic rings. The monoisotopic (exact) mass is 418 g/mol. The van der Waals surface area contributed by atoms with Gasteiger partial charge < -0.3 is 15.0 Å². The van der Waals surface area contributed by atoms with Crippen molar-refractivity contribution in [2.45, 2.75) is 46.5 Å². The van der Waals surface area contributed by atoms with Crippen LogP contribution in [0.1, 0.15) is 45.6 Å². The third-order valence-electron chi connectivity index (χ3n) is 3.71. The van der Waals surface area contributed by atoms with E-state index < -0.39 is 0 Å². The first-order valence-corrected chi connectivity index (χ1v) is 10.1. The minimum absolute atomic E-state index is 0.0307. The van der Waals surface area contributed by atoms with Gasteiger partial charge in [-0.15, -0.1) is 6.58 Å². The number of fused-ring (bicyclic) bond motifs is 1. The van der Waals surface area contributed by atoms with E-state index in [9.17, 15) is 4.79 Å². The summed E-state index contributed by atoms with van der Waals surface area (Å²) >= 11 is 5.28. The molecule has 0 aliphatic carbocycles. The number of carbonyl (C=O) groups excluding carboxylic acids is 1. The van der Waals surface area contributed by atoms with E-state index in [4.69, 9.17) is 22.2 Å². The van der Waals surface area contributed by atoms with E-state index in [1.165, 1.54) is 11.3 Å². The summed E-state index contributed by atoms with van der Waals surface area (Å²) in [6.07, 6.45) is 4.98. The van der Waals surface area contributed by atoms with Crippen molar-refractivity contribution in [3.05, 3.63) is 30.4 Å². The highest BCUT2D eigenvalue weighted by atomic mass is 32.1. The zero-order chi connectivity index (χ0) is 22.4. The van der Waals surface area contributed by atoms with E-state index in [-0.39, 0.29) is 12.5 Å². The van der Waals surface area contributed by atoms with E-state index in [1.807, 2.05) is 27.1 Å². The minimum Gasteiger partial charge on any atom is -0.494 e. The molecule has 1 amide bonds. The predicted octanol–water partition coefficient (Wildman–Crippen LogP) is 4.76. The number of rotatable bonds is 3. The Morgan fingerprint density at radius 1 is 1.41 bits per heavy atom. The topological polar surface area (TPSA) is 68.6 Å². The van der Waals surface area contributed by atoms with Crippen molar-refractivity contribution < 1.29 is 9.53 Å². The molecule has 160 valence electrons. The Morgan fingerprint density at radius 2 is 2.00 bits per heavy atom. The molecular formula is C22H34N4O2S. The smallest absolute Gasteiger partial charge is 0.227 e. The van der Waals surface area contributed by atoms with Gasteiger partial charge in [-0.05, 0) is 43.6 Å². The third kappa shape index (κ3) is 8.53. The first-order valence-electron chi connectivity index (χ1n) is 9.74. The lowest BCUT2D eigenvalue weighted by molar-refractivity contribution is -0.118. The summed E-state index contributed by atoms with van der Waals surface area (Å²) in [7, 11) is 5.29. The Bertz CT molecular complexity index is 726. The Kier molecular flexibility index (Phi) is 13.1. The number of benzene rings is 1. The van der Waals surface area contributed by atoms with Crippen LogP contribution >= 0.6 is 12.2 Å². The molecule has 29 heavy (non-hydrogen) atoms. The molecule has 0 fully saturated rings. The summed E-state index contributed by atoms with van der Waals surface area (Å²) in [6.45, 7) is 9.54. The summed E-state index contributed by atoms with van der Waals surface area (Å²) in [5.41, 5.74) is 2.51. The van der Waals surface area contributed by atoms with Gasteiger partial charge in [0.15, 0.2) is 5.11 Å². The number of nitriles is 1. The molecule has 0 bridgehead atoms. The lowest BCUT2D eigenvalue weighted by Crippen LogP contribution is -2.30. The van der Waals surface area contributed by atoms with Crippen molar-refractivity contribution in [2.24, 2.45) is 0 Å². The van der Waals surface area contributed by atoms with E-state index in [2.05, 4.69) is 31.8 Å². The Morgan fingerprint density at radius 3 is 2.48 bits per heavy atom. The molecule has 6 nitrogen and oxygen atoms in total. The van der Waals surface area contributed by atoms with Crippen LogP contribution in [0.15, 0.2) is 24.8 Å². The van der Waals surface area contributed by atoms with E-state index in [0.29, 0.717) is 17.3 Å². The highest BCUT2D eigenvalue weighted by Gasteiger charge is 2.24. The van der Waals surface area contributed by atoms with Crippen molar-refractivity contribution in [3.63, 3.8) is 0 Å². The summed E-state index contributed by atoms with van der Waals surface area (Å²) in [6, 6.07) is 5.81. The summed E-state index contributed by atoms with van der Waals surface area (Å²) < 4.78 is 5.43. The number of amides is 1. The fraction of sp³-hybridized carbons (Fsp3) is 0.500. The van der Waals surface area contributed by atoms with Gasteiger partial charge in [0.05, 0.1) is 24.6 Å². The maximum Gasteiger partial charge on any atom is 0.227 e. The van der Waals surface area contributed by atoms with Crippen LogP contribution in [0.25, 0.3) is 0 Å². The third-order valence-corrected chi connectivity index (χ3v) is 4.17. The Balaban J connectivity index is 0.00000116. The number of thiocarbonyl (C=S) groups is 1. The largest absolute Gasteiger partial charge is 0.494 e. The van der Waals surface area contributed by atoms with Crippen molar-refractivity contribution in [1.82, 2.24) is 4.90 Å². The van der Waals surface area contributed by atoms with Crippen molar-refractivity contribution >= 4 is 34.6 Å². The number of anilines is 2. The zero-order valence-electron chi connectivity index (χ0n) is 18.5. The van der Waals surface area contributed by atoms with Gasteiger partial charge in [0.1, 0.15) is 12.3 Å². The van der Waals surface area contributed by atoms with E-state index in [0.717, 1.165) is 29.8 Å². The molecule has 0 atom stereocenters. The van der Waals surface area contributed by atoms with E-state index in [1.54, 1.807) is 24.2 Å². The van der Waals surface area contributed by atoms with Crippen LogP contribution in [-0.4, -0.2) is 43.7 Å². The number of hydrogen-bond donors (Lipinski definition) is 1. The fourth-order valence-corrected chi connectivity index (χ4v) is 2.61. The van der Waals surface area contributed by atoms with Gasteiger partial charge in [0.25, 0.3) is 0 Å². The number of aryl methyl sites for hydroxylation is 1. The molecule has 2 rings (SSSR count). The second-order valence-electron chi connectivity index (χ2n) is 6.61. The summed E-state index contributed by atoms with van der Waals surface area (Å²) in [4.78, 5) is 15.5. The van der Waals surface area contributed by atoms with Gasteiger partial charge in [0, 0.05) is 26.6 Å². The number of carbonyl (C=O) groups is 1. The van der Waals surface area contributed by atoms with Gasteiger partial charge in [-0.1, -0.05) is 26.3 Å². The van der Waals surface area contributed by atoms with E-state index >= 15 is 0 Å². The number of nitrogens with one attached hydrogen (secondary N) is 1. The number of allylic oxidation sites excluding steroid dienone is 1. The van der Waals surface area contributed by atoms with Crippen LogP contribution in [0, 0.1) is 11.3 Å². The molecule has 1 aromatic carbocycles. The second kappa shape index (κ2) is 14.4. The predicted molar refractivity (Wildman–Crippen MR) is 126 cm³/mol. The summed E-state index contributed by atoms with van der Waals surface area (Å²) in [5.74, 6) is 0.558. The lowest BCUT2D eigenvalue weighted by atomic mass is 10.1. The molecule has 0 spiro atoms. The normalized spacial score (nSPS) is 11.9. The van der Waals surface area contributed by atoms with Crippen molar-refractivity contribution in [1.29, 1.82) is 5.26 Å². The first kappa shape index (κ1) is 26.4. The van der Waals surface area contributed by atoms with Crippen molar-refractivity contribution in [3.8, 4) is 11.8 Å². The minimum atomic E-state index is -0.0307. The first-order chi connectivity index (χ1) is 13.8. The molecule has 0 radical (unpaired) electrons. The van der Waals surface area contributed by atoms with Crippen LogP contribution < -0.4 is 15.0 Å². The van der Waals surface area contributed by atoms with Gasteiger partial charge in [-0.25, -0.2) is 0 Å². The molecule has 0 saturated carbocycles. The molecule has 7 heteroatoms. The Labute approximate surface area is 181 Å². The molecular weight excluding hydrogens is 384 g/mol. The second-order valence-corrected chi connectivity index (χ2v) is 7.00. The Hall–Kier alpha value is -2.59. The molecule has 1 N–H and O–H groups in total. The van der Waals surface area contributed by atoms with Crippen LogP contribution in [0.4, 0.5) is 11.4 Å². The maximum absolute atomic E-state index is 12.2. The number of ether oxygens (including phenoxy) is 1. The van der Waals surface area contributed by atoms with Crippen LogP contribution in [0.3, 0.4) is 0 Å². The average molecular weight is 419 g/mol. The standard InChI is InChI=1S/C16H20N4O2S.C3H8.C3H6/c1-19(2)16(23)18-12-9-11-5-4-6-15(21)20(8-7-17)13(11)10-14(12)22-3;2*1-3-2/h9-10H,4-6,8H2,1-3H3,(H,18,23);3H2,1-2H3;3H,1H2,2H3. The number of methoxy groups -OCH3 is 1. The fourth-order valence-electron chi connectivity index (χ4n) is 2.50. The van der Waals surface area contributed by atoms with Gasteiger partial charge in [-0.3, -0.25) is 9.69 Å². The van der Waals surface area contributed by atoms with Gasteiger partial charge in [-0.2, -0.15) is 5.26 Å². The molecule has 1 heterocycles. The zero-order valence-corrected chi connectivity index (χ0v) is 19.4. The molecule has 1 aliphatic rings. The molecule has 0 aromatic heterocycles. The molecule has 1 aliphatic heterocycles. The summed E-state index contributed by atoms with van der Waals surface area (Å²) in [5, 5.41) is 12.7. The van der Waals surface area contributed by atoms with Crippen LogP contribution in [-0.2, 0) is 11.2 Å². The molecule has 0 unspecified atom stereocenters. The van der Waals surface area contributed by atoms with Crippen LogP contribution in [0.2, 0.25) is 0 Å². The van der Waals surface area contributed by atoms with Crippen molar-refractivity contribution in [2.75, 3.05) is 38.0 Å². The van der Waals surface area contributed by atoms with Gasteiger partial charge in [0.2, 0.25) is 5.91 Å². The molecule has 0 saturated heterocycles. The highest BCUT2D eigenvalue weighted by Crippen LogP contribution is 2.36. The lowest BCUT2D eigenvalue weighted by Gasteiger charge is -2.23. The maximum atomic E-state index is 12.2. The number of hydrogen-bond acceptors (Lipinski definition) is 4. The SMILES string of the molecule is C=CC.CCC.COc1cc2c(cc1NC(=S)N(C)C)CCCC(=O)N2CC#N. The number of nitrogens with zero attached hydrogens (tertiary/aromatic N) is 3.